The van der Waals surface area contributed by atoms with Crippen LogP contribution >= 0.6 is 0 Å². The maximum absolute atomic E-state index is 11.3. The van der Waals surface area contributed by atoms with Crippen LogP contribution in [0, 0.1) is 0 Å². The first kappa shape index (κ1) is 14.6. The van der Waals surface area contributed by atoms with Crippen molar-refractivity contribution in [2.24, 2.45) is 0 Å². The lowest BCUT2D eigenvalue weighted by molar-refractivity contribution is -0.142. The van der Waals surface area contributed by atoms with Crippen LogP contribution in [0.2, 0.25) is 0 Å². The van der Waals surface area contributed by atoms with Gasteiger partial charge in [0.05, 0.1) is 7.11 Å². The van der Waals surface area contributed by atoms with Gasteiger partial charge in [-0.1, -0.05) is 44.2 Å². The third-order valence-corrected chi connectivity index (χ3v) is 2.12. The zero-order valence-electron chi connectivity index (χ0n) is 10.5. The molecule has 1 aromatic rings. The minimum Gasteiger partial charge on any atom is -0.468 e. The van der Waals surface area contributed by atoms with E-state index in [9.17, 15) is 4.79 Å². The second-order valence-corrected chi connectivity index (χ2v) is 3.05. The molecule has 0 aliphatic heterocycles. The fourth-order valence-electron chi connectivity index (χ4n) is 1.30. The number of carbonyl (C=O) groups excluding carboxylic acids is 1. The molecule has 0 saturated heterocycles. The van der Waals surface area contributed by atoms with E-state index >= 15 is 0 Å². The summed E-state index contributed by atoms with van der Waals surface area (Å²) in [7, 11) is 3.15. The second kappa shape index (κ2) is 8.92. The summed E-state index contributed by atoms with van der Waals surface area (Å²) in [6, 6.07) is 9.59. The van der Waals surface area contributed by atoms with Gasteiger partial charge in [0, 0.05) is 0 Å². The third-order valence-electron chi connectivity index (χ3n) is 2.12. The number of esters is 1. The first-order chi connectivity index (χ1) is 7.77. The Balaban J connectivity index is 0.00000106. The second-order valence-electron chi connectivity index (χ2n) is 3.05. The molecule has 0 aromatic heterocycles. The lowest BCUT2D eigenvalue weighted by Gasteiger charge is -2.13. The van der Waals surface area contributed by atoms with Gasteiger partial charge in [0.15, 0.2) is 0 Å². The number of hydrogen-bond acceptors (Lipinski definition) is 3. The standard InChI is InChI=1S/C11H15NO2.C2H6/c1-12-10(11(13)14-2)8-9-6-4-3-5-7-9;1-2/h3-7,10,12H,8H2,1-2H3;1-2H3. The first-order valence-corrected chi connectivity index (χ1v) is 5.57. The monoisotopic (exact) mass is 223 g/mol. The molecule has 0 bridgehead atoms. The van der Waals surface area contributed by atoms with E-state index in [1.165, 1.54) is 7.11 Å². The van der Waals surface area contributed by atoms with Crippen molar-refractivity contribution in [3.05, 3.63) is 35.9 Å². The highest BCUT2D eigenvalue weighted by Crippen LogP contribution is 2.03. The van der Waals surface area contributed by atoms with Crippen LogP contribution in [0.5, 0.6) is 0 Å². The molecule has 3 heteroatoms. The highest BCUT2D eigenvalue weighted by atomic mass is 16.5. The molecule has 1 rings (SSSR count). The summed E-state index contributed by atoms with van der Waals surface area (Å²) in [5.74, 6) is -0.226. The van der Waals surface area contributed by atoms with Gasteiger partial charge in [-0.3, -0.25) is 4.79 Å². The Morgan fingerprint density at radius 2 is 1.88 bits per heavy atom. The zero-order valence-corrected chi connectivity index (χ0v) is 10.5. The van der Waals surface area contributed by atoms with Crippen LogP contribution in [0.15, 0.2) is 30.3 Å². The highest BCUT2D eigenvalue weighted by Gasteiger charge is 2.16. The predicted octanol–water partition coefficient (Wildman–Crippen LogP) is 2.02. The number of hydrogen-bond donors (Lipinski definition) is 1. The Kier molecular flexibility index (Phi) is 8.17. The van der Waals surface area contributed by atoms with Crippen LogP contribution in [-0.4, -0.2) is 26.2 Å². The maximum atomic E-state index is 11.3. The van der Waals surface area contributed by atoms with Gasteiger partial charge in [-0.2, -0.15) is 0 Å². The number of likely N-dealkylation sites (N-methyl/N-ethyl adjacent to an activating group) is 1. The number of methoxy groups -OCH3 is 1. The van der Waals surface area contributed by atoms with Crippen molar-refractivity contribution in [2.45, 2.75) is 26.3 Å². The van der Waals surface area contributed by atoms with Crippen LogP contribution in [0.25, 0.3) is 0 Å². The van der Waals surface area contributed by atoms with Crippen molar-refractivity contribution in [3.63, 3.8) is 0 Å². The molecule has 0 saturated carbocycles. The molecular weight excluding hydrogens is 202 g/mol. The summed E-state index contributed by atoms with van der Waals surface area (Å²) in [5, 5.41) is 2.93. The SMILES string of the molecule is CC.CNC(Cc1ccccc1)C(=O)OC. The number of carbonyl (C=O) groups is 1. The van der Waals surface area contributed by atoms with E-state index in [-0.39, 0.29) is 12.0 Å². The van der Waals surface area contributed by atoms with Crippen molar-refractivity contribution in [1.82, 2.24) is 5.32 Å². The Hall–Kier alpha value is -1.35. The highest BCUT2D eigenvalue weighted by molar-refractivity contribution is 5.76. The zero-order chi connectivity index (χ0) is 12.4. The molecule has 1 aromatic carbocycles. The van der Waals surface area contributed by atoms with Gasteiger partial charge in [0.1, 0.15) is 6.04 Å². The van der Waals surface area contributed by atoms with E-state index in [4.69, 9.17) is 0 Å². The normalized spacial score (nSPS) is 11.0. The Labute approximate surface area is 97.8 Å². The largest absolute Gasteiger partial charge is 0.468 e. The average Bonchev–Trinajstić information content (AvgIpc) is 2.38. The van der Waals surface area contributed by atoms with Crippen LogP contribution < -0.4 is 5.32 Å². The summed E-state index contributed by atoms with van der Waals surface area (Å²) >= 11 is 0. The summed E-state index contributed by atoms with van der Waals surface area (Å²) in [6.45, 7) is 4.00. The number of nitrogens with one attached hydrogen (secondary N) is 1. The molecule has 0 spiro atoms. The molecule has 1 unspecified atom stereocenters. The molecule has 0 fully saturated rings. The summed E-state index contributed by atoms with van der Waals surface area (Å²) in [6.07, 6.45) is 0.657. The number of ether oxygens (including phenoxy) is 1. The molecule has 0 radical (unpaired) electrons. The molecule has 1 atom stereocenters. The topological polar surface area (TPSA) is 38.3 Å². The van der Waals surface area contributed by atoms with E-state index in [1.807, 2.05) is 44.2 Å². The Morgan fingerprint density at radius 3 is 2.31 bits per heavy atom. The lowest BCUT2D eigenvalue weighted by Crippen LogP contribution is -2.36. The van der Waals surface area contributed by atoms with Gasteiger partial charge in [-0.25, -0.2) is 0 Å². The van der Waals surface area contributed by atoms with Crippen LogP contribution in [0.1, 0.15) is 19.4 Å². The van der Waals surface area contributed by atoms with Gasteiger partial charge in [-0.15, -0.1) is 0 Å². The minimum atomic E-state index is -0.262. The minimum absolute atomic E-state index is 0.226. The number of rotatable bonds is 4. The number of benzene rings is 1. The smallest absolute Gasteiger partial charge is 0.323 e. The van der Waals surface area contributed by atoms with E-state index < -0.39 is 0 Å². The van der Waals surface area contributed by atoms with Crippen molar-refractivity contribution in [1.29, 1.82) is 0 Å². The third kappa shape index (κ3) is 4.94. The van der Waals surface area contributed by atoms with Crippen molar-refractivity contribution >= 4 is 5.97 Å². The van der Waals surface area contributed by atoms with Gasteiger partial charge >= 0.3 is 5.97 Å². The van der Waals surface area contributed by atoms with Gasteiger partial charge < -0.3 is 10.1 Å². The predicted molar refractivity (Wildman–Crippen MR) is 66.4 cm³/mol. The molecule has 0 heterocycles. The van der Waals surface area contributed by atoms with Gasteiger partial charge in [0.25, 0.3) is 0 Å². The van der Waals surface area contributed by atoms with Crippen molar-refractivity contribution in [2.75, 3.05) is 14.2 Å². The fourth-order valence-corrected chi connectivity index (χ4v) is 1.30. The maximum Gasteiger partial charge on any atom is 0.323 e. The molecule has 90 valence electrons. The molecular formula is C13H21NO2. The molecule has 16 heavy (non-hydrogen) atoms. The quantitative estimate of drug-likeness (QED) is 0.794. The van der Waals surface area contributed by atoms with E-state index in [2.05, 4.69) is 10.1 Å². The van der Waals surface area contributed by atoms with Crippen LogP contribution in [-0.2, 0) is 16.0 Å². The van der Waals surface area contributed by atoms with Crippen molar-refractivity contribution < 1.29 is 9.53 Å². The molecule has 1 N–H and O–H groups in total. The first-order valence-electron chi connectivity index (χ1n) is 5.57. The average molecular weight is 223 g/mol. The summed E-state index contributed by atoms with van der Waals surface area (Å²) in [5.41, 5.74) is 1.12. The lowest BCUT2D eigenvalue weighted by atomic mass is 10.1. The Morgan fingerprint density at radius 1 is 1.31 bits per heavy atom. The van der Waals surface area contributed by atoms with E-state index in [0.717, 1.165) is 5.56 Å². The molecule has 0 amide bonds. The van der Waals surface area contributed by atoms with Crippen LogP contribution in [0.3, 0.4) is 0 Å². The van der Waals surface area contributed by atoms with E-state index in [0.29, 0.717) is 6.42 Å². The van der Waals surface area contributed by atoms with Crippen LogP contribution in [0.4, 0.5) is 0 Å². The van der Waals surface area contributed by atoms with Crippen molar-refractivity contribution in [3.8, 4) is 0 Å². The summed E-state index contributed by atoms with van der Waals surface area (Å²) in [4.78, 5) is 11.3. The molecule has 0 aliphatic carbocycles. The fraction of sp³-hybridized carbons (Fsp3) is 0.462. The Bertz CT molecular complexity index is 285. The van der Waals surface area contributed by atoms with E-state index in [1.54, 1.807) is 7.05 Å². The molecule has 0 aliphatic rings. The molecule has 3 nitrogen and oxygen atoms in total. The van der Waals surface area contributed by atoms with Gasteiger partial charge in [-0.05, 0) is 19.0 Å². The summed E-state index contributed by atoms with van der Waals surface area (Å²) < 4.78 is 4.67. The van der Waals surface area contributed by atoms with Gasteiger partial charge in [0.2, 0.25) is 0 Å².